The number of thiocarbonyl (C=S) groups is 1. The van der Waals surface area contributed by atoms with E-state index in [1.165, 1.54) is 25.7 Å². The predicted octanol–water partition coefficient (Wildman–Crippen LogP) is 3.34. The first kappa shape index (κ1) is 14.3. The summed E-state index contributed by atoms with van der Waals surface area (Å²) in [6.07, 6.45) is 11.1. The maximum Gasteiger partial charge on any atom is 0.187 e. The molecule has 2 bridgehead atoms. The smallest absolute Gasteiger partial charge is 0.187 e. The van der Waals surface area contributed by atoms with E-state index in [9.17, 15) is 0 Å². The van der Waals surface area contributed by atoms with Crippen LogP contribution in [-0.4, -0.2) is 17.4 Å². The number of nitrogens with one attached hydrogen (secondary N) is 2. The molecule has 2 fully saturated rings. The maximum absolute atomic E-state index is 5.29. The van der Waals surface area contributed by atoms with E-state index < -0.39 is 0 Å². The van der Waals surface area contributed by atoms with Gasteiger partial charge in [0.1, 0.15) is 0 Å². The van der Waals surface area contributed by atoms with Crippen LogP contribution in [0.3, 0.4) is 0 Å². The molecule has 0 heterocycles. The third-order valence-electron chi connectivity index (χ3n) is 4.47. The third-order valence-corrected chi connectivity index (χ3v) is 4.68. The zero-order valence-corrected chi connectivity index (χ0v) is 12.9. The lowest BCUT2D eigenvalue weighted by Gasteiger charge is -2.23. The van der Waals surface area contributed by atoms with Crippen LogP contribution in [0.15, 0.2) is 41.5 Å². The van der Waals surface area contributed by atoms with Crippen molar-refractivity contribution in [2.24, 2.45) is 16.9 Å². The summed E-state index contributed by atoms with van der Waals surface area (Å²) in [7, 11) is 0. The van der Waals surface area contributed by atoms with Crippen molar-refractivity contribution in [1.82, 2.24) is 10.7 Å². The Balaban J connectivity index is 1.39. The minimum atomic E-state index is 0.554. The van der Waals surface area contributed by atoms with Crippen molar-refractivity contribution in [2.45, 2.75) is 31.7 Å². The first-order chi connectivity index (χ1) is 10.3. The minimum Gasteiger partial charge on any atom is -0.358 e. The molecule has 0 aromatic heterocycles. The van der Waals surface area contributed by atoms with E-state index in [-0.39, 0.29) is 0 Å². The number of fused-ring (bicyclic) bond motifs is 2. The van der Waals surface area contributed by atoms with E-state index in [2.05, 4.69) is 28.0 Å². The van der Waals surface area contributed by atoms with Crippen molar-refractivity contribution in [3.05, 3.63) is 42.0 Å². The van der Waals surface area contributed by atoms with Crippen LogP contribution in [0.4, 0.5) is 0 Å². The van der Waals surface area contributed by atoms with E-state index in [0.29, 0.717) is 11.2 Å². The van der Waals surface area contributed by atoms with Crippen LogP contribution in [0.1, 0.15) is 31.2 Å². The molecule has 1 aromatic carbocycles. The van der Waals surface area contributed by atoms with Crippen molar-refractivity contribution < 1.29 is 0 Å². The van der Waals surface area contributed by atoms with Gasteiger partial charge in [0.15, 0.2) is 5.11 Å². The lowest BCUT2D eigenvalue weighted by molar-refractivity contribution is 0.389. The van der Waals surface area contributed by atoms with Crippen LogP contribution < -0.4 is 10.7 Å². The lowest BCUT2D eigenvalue weighted by atomic mass is 9.96. The Morgan fingerprint density at radius 1 is 1.19 bits per heavy atom. The van der Waals surface area contributed by atoms with Crippen LogP contribution in [0.5, 0.6) is 0 Å². The molecule has 3 nitrogen and oxygen atoms in total. The fourth-order valence-electron chi connectivity index (χ4n) is 3.48. The summed E-state index contributed by atoms with van der Waals surface area (Å²) < 4.78 is 0. The average molecular weight is 299 g/mol. The van der Waals surface area contributed by atoms with Gasteiger partial charge in [0.2, 0.25) is 0 Å². The normalized spacial score (nSPS) is 27.5. The summed E-state index contributed by atoms with van der Waals surface area (Å²) in [5, 5.41) is 8.16. The Bertz CT molecular complexity index is 538. The molecule has 1 aromatic rings. The highest BCUT2D eigenvalue weighted by molar-refractivity contribution is 7.80. The molecule has 0 amide bonds. The predicted molar refractivity (Wildman–Crippen MR) is 92.1 cm³/mol. The Kier molecular flexibility index (Phi) is 4.65. The summed E-state index contributed by atoms with van der Waals surface area (Å²) in [6, 6.07) is 10.7. The van der Waals surface area contributed by atoms with Crippen LogP contribution in [-0.2, 0) is 0 Å². The van der Waals surface area contributed by atoms with Gasteiger partial charge in [-0.15, -0.1) is 0 Å². The molecule has 0 spiro atoms. The molecule has 2 N–H and O–H groups in total. The second-order valence-electron chi connectivity index (χ2n) is 5.91. The highest BCUT2D eigenvalue weighted by Gasteiger charge is 2.39. The molecule has 3 atom stereocenters. The summed E-state index contributed by atoms with van der Waals surface area (Å²) in [4.78, 5) is 0. The highest BCUT2D eigenvalue weighted by Crippen LogP contribution is 2.44. The van der Waals surface area contributed by atoms with Gasteiger partial charge in [0, 0.05) is 12.3 Å². The number of rotatable bonds is 4. The molecule has 0 unspecified atom stereocenters. The monoisotopic (exact) mass is 299 g/mol. The van der Waals surface area contributed by atoms with E-state index in [0.717, 1.165) is 17.4 Å². The van der Waals surface area contributed by atoms with E-state index in [4.69, 9.17) is 12.2 Å². The van der Waals surface area contributed by atoms with Gasteiger partial charge in [0.05, 0.1) is 0 Å². The van der Waals surface area contributed by atoms with E-state index >= 15 is 0 Å². The zero-order chi connectivity index (χ0) is 14.5. The Hall–Kier alpha value is -1.68. The second-order valence-corrected chi connectivity index (χ2v) is 6.32. The van der Waals surface area contributed by atoms with Crippen LogP contribution in [0.2, 0.25) is 0 Å². The number of hydrogen-bond donors (Lipinski definition) is 2. The van der Waals surface area contributed by atoms with Gasteiger partial charge in [-0.3, -0.25) is 5.43 Å². The SMILES string of the molecule is S=C(N/N=C\C=C\c1ccccc1)N[C@@H]1C[C@H]2CC[C@@H]1C2. The topological polar surface area (TPSA) is 36.4 Å². The fraction of sp³-hybridized carbons (Fsp3) is 0.412. The van der Waals surface area contributed by atoms with Gasteiger partial charge in [-0.2, -0.15) is 5.10 Å². The standard InChI is InChI=1S/C17H21N3S/c21-17(19-16-12-14-8-9-15(16)11-14)20-18-10-4-7-13-5-2-1-3-6-13/h1-7,10,14-16H,8-9,11-12H2,(H2,19,20,21)/b7-4+,18-10-/t14-,15+,16+/m0/s1. The van der Waals surface area contributed by atoms with Gasteiger partial charge in [-0.1, -0.05) is 42.8 Å². The molecule has 0 aliphatic heterocycles. The number of nitrogens with zero attached hydrogens (tertiary/aromatic N) is 1. The summed E-state index contributed by atoms with van der Waals surface area (Å²) in [5.74, 6) is 1.74. The summed E-state index contributed by atoms with van der Waals surface area (Å²) >= 11 is 5.29. The molecule has 110 valence electrons. The first-order valence-corrected chi connectivity index (χ1v) is 8.03. The maximum atomic E-state index is 5.29. The van der Waals surface area contributed by atoms with Crippen LogP contribution in [0.25, 0.3) is 6.08 Å². The summed E-state index contributed by atoms with van der Waals surface area (Å²) in [6.45, 7) is 0. The largest absolute Gasteiger partial charge is 0.358 e. The highest BCUT2D eigenvalue weighted by atomic mass is 32.1. The molecular formula is C17H21N3S. The van der Waals surface area contributed by atoms with Crippen molar-refractivity contribution in [3.8, 4) is 0 Å². The molecule has 0 saturated heterocycles. The molecule has 0 radical (unpaired) electrons. The van der Waals surface area contributed by atoms with Crippen molar-refractivity contribution in [1.29, 1.82) is 0 Å². The van der Waals surface area contributed by atoms with Gasteiger partial charge >= 0.3 is 0 Å². The second kappa shape index (κ2) is 6.85. The van der Waals surface area contributed by atoms with Crippen LogP contribution in [0, 0.1) is 11.8 Å². The van der Waals surface area contributed by atoms with Crippen LogP contribution >= 0.6 is 12.2 Å². The van der Waals surface area contributed by atoms with Crippen molar-refractivity contribution >= 4 is 29.6 Å². The molecule has 2 aliphatic rings. The van der Waals surface area contributed by atoms with Crippen molar-refractivity contribution in [3.63, 3.8) is 0 Å². The molecule has 4 heteroatoms. The van der Waals surface area contributed by atoms with Gasteiger partial charge in [0.25, 0.3) is 0 Å². The Morgan fingerprint density at radius 2 is 2.05 bits per heavy atom. The number of hydrogen-bond acceptors (Lipinski definition) is 2. The minimum absolute atomic E-state index is 0.554. The van der Waals surface area contributed by atoms with Gasteiger partial charge in [-0.05, 0) is 55.0 Å². The number of benzene rings is 1. The van der Waals surface area contributed by atoms with E-state index in [1.54, 1.807) is 6.21 Å². The molecule has 21 heavy (non-hydrogen) atoms. The molecule has 2 saturated carbocycles. The lowest BCUT2D eigenvalue weighted by Crippen LogP contribution is -2.42. The molecule has 2 aliphatic carbocycles. The van der Waals surface area contributed by atoms with E-state index in [1.807, 2.05) is 30.4 Å². The first-order valence-electron chi connectivity index (χ1n) is 7.62. The molecule has 3 rings (SSSR count). The van der Waals surface area contributed by atoms with Gasteiger partial charge in [-0.25, -0.2) is 0 Å². The Labute approximate surface area is 131 Å². The number of hydrazone groups is 1. The Morgan fingerprint density at radius 3 is 2.76 bits per heavy atom. The zero-order valence-electron chi connectivity index (χ0n) is 12.0. The van der Waals surface area contributed by atoms with Gasteiger partial charge < -0.3 is 5.32 Å². The molecular weight excluding hydrogens is 278 g/mol. The fourth-order valence-corrected chi connectivity index (χ4v) is 3.68. The number of allylic oxidation sites excluding steroid dienone is 1. The third kappa shape index (κ3) is 3.91. The van der Waals surface area contributed by atoms with Crippen molar-refractivity contribution in [2.75, 3.05) is 0 Å². The average Bonchev–Trinajstić information content (AvgIpc) is 3.10. The summed E-state index contributed by atoms with van der Waals surface area (Å²) in [5.41, 5.74) is 4.05. The quantitative estimate of drug-likeness (QED) is 0.508.